The molecule has 0 aliphatic carbocycles. The molecule has 174 valence electrons. The highest BCUT2D eigenvalue weighted by atomic mass is 16.5. The van der Waals surface area contributed by atoms with E-state index in [-0.39, 0.29) is 24.6 Å². The number of para-hydroxylation sites is 1. The largest absolute Gasteiger partial charge is 0.491 e. The third-order valence-corrected chi connectivity index (χ3v) is 5.32. The Kier molecular flexibility index (Phi) is 6.94. The summed E-state index contributed by atoms with van der Waals surface area (Å²) in [6.45, 7) is 3.44. The zero-order valence-electron chi connectivity index (χ0n) is 19.0. The van der Waals surface area contributed by atoms with E-state index in [9.17, 15) is 14.7 Å². The summed E-state index contributed by atoms with van der Waals surface area (Å²) in [5.74, 6) is 1.98. The Morgan fingerprint density at radius 2 is 1.53 bits per heavy atom. The monoisotopic (exact) mass is 458 g/mol. The first kappa shape index (κ1) is 23.1. The summed E-state index contributed by atoms with van der Waals surface area (Å²) in [6, 6.07) is 23.5. The third kappa shape index (κ3) is 5.44. The number of ketones is 1. The van der Waals surface area contributed by atoms with Gasteiger partial charge in [-0.05, 0) is 74.5 Å². The van der Waals surface area contributed by atoms with Gasteiger partial charge in [-0.3, -0.25) is 13.9 Å². The Balaban J connectivity index is 1.36. The summed E-state index contributed by atoms with van der Waals surface area (Å²) >= 11 is 0. The number of aryl methyl sites for hydroxylation is 1. The first-order chi connectivity index (χ1) is 16.4. The van der Waals surface area contributed by atoms with Gasteiger partial charge in [0.2, 0.25) is 0 Å². The molecule has 4 rings (SSSR count). The van der Waals surface area contributed by atoms with Gasteiger partial charge in [0.15, 0.2) is 5.78 Å². The summed E-state index contributed by atoms with van der Waals surface area (Å²) in [5.41, 5.74) is 1.70. The van der Waals surface area contributed by atoms with Crippen LogP contribution in [0.2, 0.25) is 0 Å². The second-order valence-electron chi connectivity index (χ2n) is 8.00. The van der Waals surface area contributed by atoms with E-state index in [4.69, 9.17) is 9.47 Å². The van der Waals surface area contributed by atoms with E-state index in [0.29, 0.717) is 22.7 Å². The lowest BCUT2D eigenvalue weighted by molar-refractivity contribution is 0.0915. The lowest BCUT2D eigenvalue weighted by Gasteiger charge is -2.13. The normalized spacial score (nSPS) is 11.7. The minimum atomic E-state index is -0.881. The summed E-state index contributed by atoms with van der Waals surface area (Å²) in [4.78, 5) is 24.4. The van der Waals surface area contributed by atoms with Gasteiger partial charge in [0.25, 0.3) is 0 Å². The van der Waals surface area contributed by atoms with Crippen LogP contribution < -0.4 is 15.2 Å². The van der Waals surface area contributed by atoms with Crippen molar-refractivity contribution in [1.82, 2.24) is 9.13 Å². The first-order valence-corrected chi connectivity index (χ1v) is 10.9. The van der Waals surface area contributed by atoms with Crippen LogP contribution in [0.15, 0.2) is 89.9 Å². The number of imidazole rings is 1. The van der Waals surface area contributed by atoms with Crippen molar-refractivity contribution in [2.75, 3.05) is 6.61 Å². The second-order valence-corrected chi connectivity index (χ2v) is 8.00. The maximum Gasteiger partial charge on any atom is 0.333 e. The number of rotatable bonds is 9. The average molecular weight is 459 g/mol. The molecule has 0 bridgehead atoms. The molecule has 0 saturated heterocycles. The smallest absolute Gasteiger partial charge is 0.333 e. The number of hydrogen-bond acceptors (Lipinski definition) is 5. The number of carbonyl (C=O) groups excluding carboxylic acids is 1. The predicted molar refractivity (Wildman–Crippen MR) is 129 cm³/mol. The van der Waals surface area contributed by atoms with Gasteiger partial charge in [0.1, 0.15) is 30.0 Å². The van der Waals surface area contributed by atoms with Crippen molar-refractivity contribution in [2.24, 2.45) is 0 Å². The Labute approximate surface area is 197 Å². The minimum Gasteiger partial charge on any atom is -0.491 e. The highest BCUT2D eigenvalue weighted by Gasteiger charge is 2.14. The molecule has 1 aromatic heterocycles. The van der Waals surface area contributed by atoms with E-state index in [1.807, 2.05) is 37.3 Å². The molecule has 0 amide bonds. The topological polar surface area (TPSA) is 82.7 Å². The highest BCUT2D eigenvalue weighted by Crippen LogP contribution is 2.23. The number of carbonyl (C=O) groups is 1. The summed E-state index contributed by atoms with van der Waals surface area (Å²) in [5, 5.41) is 10.4. The molecule has 7 nitrogen and oxygen atoms in total. The van der Waals surface area contributed by atoms with Crippen molar-refractivity contribution < 1.29 is 19.4 Å². The maximum absolute atomic E-state index is 12.9. The molecule has 0 saturated carbocycles. The summed E-state index contributed by atoms with van der Waals surface area (Å²) < 4.78 is 14.4. The number of aliphatic hydroxyl groups excluding tert-OH is 1. The van der Waals surface area contributed by atoms with Crippen molar-refractivity contribution in [3.05, 3.63) is 107 Å². The fourth-order valence-electron chi connectivity index (χ4n) is 3.61. The molecule has 1 heterocycles. The lowest BCUT2D eigenvalue weighted by Crippen LogP contribution is -2.30. The Hall–Kier alpha value is -4.10. The number of nitrogens with zero attached hydrogens (tertiary/aromatic N) is 2. The standard InChI is InChI=1S/C27H26N2O5/c1-19-16-28(27(32)29(19)22-10-8-21(9-11-22)20(2)30)17-23(31)18-33-24-12-14-26(15-13-24)34-25-6-4-3-5-7-25/h3-16,23,31H,17-18H2,1-2H3/t23-/m0/s1. The van der Waals surface area contributed by atoms with Crippen molar-refractivity contribution in [1.29, 1.82) is 0 Å². The van der Waals surface area contributed by atoms with Crippen molar-refractivity contribution in [3.63, 3.8) is 0 Å². The number of aliphatic hydroxyl groups is 1. The number of hydrogen-bond donors (Lipinski definition) is 1. The molecule has 0 fully saturated rings. The van der Waals surface area contributed by atoms with Crippen LogP contribution in [0.25, 0.3) is 5.69 Å². The van der Waals surface area contributed by atoms with Crippen LogP contribution in [0.1, 0.15) is 23.0 Å². The molecule has 0 aliphatic rings. The van der Waals surface area contributed by atoms with Gasteiger partial charge in [-0.25, -0.2) is 4.79 Å². The number of aromatic nitrogens is 2. The lowest BCUT2D eigenvalue weighted by atomic mass is 10.1. The van der Waals surface area contributed by atoms with Crippen molar-refractivity contribution in [3.8, 4) is 22.9 Å². The van der Waals surface area contributed by atoms with Gasteiger partial charge >= 0.3 is 5.69 Å². The van der Waals surface area contributed by atoms with Crippen LogP contribution in [0, 0.1) is 6.92 Å². The van der Waals surface area contributed by atoms with E-state index in [0.717, 1.165) is 11.4 Å². The SMILES string of the molecule is CC(=O)c1ccc(-n2c(C)cn(C[C@H](O)COc3ccc(Oc4ccccc4)cc3)c2=O)cc1. The fraction of sp³-hybridized carbons (Fsp3) is 0.185. The van der Waals surface area contributed by atoms with Crippen LogP contribution in [0.3, 0.4) is 0 Å². The quantitative estimate of drug-likeness (QED) is 0.377. The van der Waals surface area contributed by atoms with E-state index in [2.05, 4.69) is 0 Å². The molecule has 0 radical (unpaired) electrons. The molecule has 3 aromatic carbocycles. The van der Waals surface area contributed by atoms with Crippen molar-refractivity contribution >= 4 is 5.78 Å². The van der Waals surface area contributed by atoms with Gasteiger partial charge in [0, 0.05) is 17.5 Å². The molecule has 1 N–H and O–H groups in total. The van der Waals surface area contributed by atoms with Gasteiger partial charge in [-0.2, -0.15) is 0 Å². The molecular weight excluding hydrogens is 432 g/mol. The molecule has 0 unspecified atom stereocenters. The van der Waals surface area contributed by atoms with Crippen LogP contribution in [0.4, 0.5) is 0 Å². The minimum absolute atomic E-state index is 0.0306. The molecule has 1 atom stereocenters. The van der Waals surface area contributed by atoms with Crippen molar-refractivity contribution in [2.45, 2.75) is 26.5 Å². The molecule has 0 aliphatic heterocycles. The molecule has 7 heteroatoms. The Morgan fingerprint density at radius 3 is 2.18 bits per heavy atom. The van der Waals surface area contributed by atoms with Crippen LogP contribution in [0.5, 0.6) is 17.2 Å². The van der Waals surface area contributed by atoms with E-state index in [1.54, 1.807) is 59.3 Å². The number of benzene rings is 3. The van der Waals surface area contributed by atoms with E-state index >= 15 is 0 Å². The van der Waals surface area contributed by atoms with Crippen LogP contribution in [-0.2, 0) is 6.54 Å². The predicted octanol–water partition coefficient (Wildman–Crippen LogP) is 4.38. The zero-order valence-corrected chi connectivity index (χ0v) is 19.0. The highest BCUT2D eigenvalue weighted by molar-refractivity contribution is 5.94. The maximum atomic E-state index is 12.9. The third-order valence-electron chi connectivity index (χ3n) is 5.32. The number of Topliss-reactive ketones (excluding diaryl/α,β-unsaturated/α-hetero) is 1. The van der Waals surface area contributed by atoms with Crippen LogP contribution >= 0.6 is 0 Å². The van der Waals surface area contributed by atoms with Gasteiger partial charge in [-0.1, -0.05) is 18.2 Å². The molecule has 0 spiro atoms. The van der Waals surface area contributed by atoms with Crippen LogP contribution in [-0.4, -0.2) is 32.7 Å². The van der Waals surface area contributed by atoms with Gasteiger partial charge < -0.3 is 14.6 Å². The molecular formula is C27H26N2O5. The number of ether oxygens (including phenoxy) is 2. The zero-order chi connectivity index (χ0) is 24.1. The molecule has 34 heavy (non-hydrogen) atoms. The second kappa shape index (κ2) is 10.2. The molecule has 4 aromatic rings. The van der Waals surface area contributed by atoms with E-state index in [1.165, 1.54) is 11.5 Å². The van der Waals surface area contributed by atoms with Gasteiger partial charge in [-0.15, -0.1) is 0 Å². The Bertz CT molecular complexity index is 1310. The van der Waals surface area contributed by atoms with Gasteiger partial charge in [0.05, 0.1) is 12.2 Å². The van der Waals surface area contributed by atoms with E-state index < -0.39 is 6.10 Å². The Morgan fingerprint density at radius 1 is 0.912 bits per heavy atom. The fourth-order valence-corrected chi connectivity index (χ4v) is 3.61. The summed E-state index contributed by atoms with van der Waals surface area (Å²) in [7, 11) is 0. The first-order valence-electron chi connectivity index (χ1n) is 10.9. The average Bonchev–Trinajstić information content (AvgIpc) is 3.11. The summed E-state index contributed by atoms with van der Waals surface area (Å²) in [6.07, 6.45) is 0.813.